The molecule has 1 saturated carbocycles. The van der Waals surface area contributed by atoms with E-state index >= 15 is 0 Å². The highest BCUT2D eigenvalue weighted by atomic mass is 32.2. The number of nitrogens with zero attached hydrogens (tertiary/aromatic N) is 1. The van der Waals surface area contributed by atoms with Crippen molar-refractivity contribution in [2.75, 3.05) is 20.2 Å². The normalized spacial score (nSPS) is 20.0. The fraction of sp³-hybridized carbons (Fsp3) is 0.636. The Balaban J connectivity index is 1.58. The van der Waals surface area contributed by atoms with Gasteiger partial charge < -0.3 is 15.4 Å². The van der Waals surface area contributed by atoms with E-state index in [4.69, 9.17) is 4.74 Å². The van der Waals surface area contributed by atoms with E-state index in [0.717, 1.165) is 19.3 Å². The molecule has 1 aliphatic carbocycles. The predicted molar refractivity (Wildman–Crippen MR) is 117 cm³/mol. The Hall–Kier alpha value is -2.13. The second kappa shape index (κ2) is 9.99. The van der Waals surface area contributed by atoms with Crippen LogP contribution < -0.4 is 15.4 Å². The first-order valence-corrected chi connectivity index (χ1v) is 12.4. The van der Waals surface area contributed by atoms with Gasteiger partial charge in [-0.05, 0) is 55.9 Å². The fourth-order valence-corrected chi connectivity index (χ4v) is 5.22. The third-order valence-corrected chi connectivity index (χ3v) is 8.15. The average Bonchev–Trinajstić information content (AvgIpc) is 3.60. The van der Waals surface area contributed by atoms with Gasteiger partial charge in [0.1, 0.15) is 11.8 Å². The zero-order valence-corrected chi connectivity index (χ0v) is 19.3. The molecule has 2 fully saturated rings. The monoisotopic (exact) mass is 451 g/mol. The van der Waals surface area contributed by atoms with E-state index in [1.54, 1.807) is 12.1 Å². The van der Waals surface area contributed by atoms with Gasteiger partial charge in [0, 0.05) is 25.0 Å². The van der Waals surface area contributed by atoms with Gasteiger partial charge in [-0.15, -0.1) is 0 Å². The van der Waals surface area contributed by atoms with Gasteiger partial charge in [0.15, 0.2) is 0 Å². The zero-order valence-electron chi connectivity index (χ0n) is 18.5. The molecule has 0 radical (unpaired) electrons. The summed E-state index contributed by atoms with van der Waals surface area (Å²) in [7, 11) is -2.09. The Morgan fingerprint density at radius 3 is 2.26 bits per heavy atom. The summed E-state index contributed by atoms with van der Waals surface area (Å²) in [6.07, 6.45) is 3.63. The lowest BCUT2D eigenvalue weighted by Crippen LogP contribution is -2.53. The number of benzene rings is 1. The molecule has 31 heavy (non-hydrogen) atoms. The van der Waals surface area contributed by atoms with E-state index in [2.05, 4.69) is 10.6 Å². The van der Waals surface area contributed by atoms with Crippen molar-refractivity contribution in [1.29, 1.82) is 0 Å². The molecule has 1 aromatic carbocycles. The Labute approximate surface area is 184 Å². The van der Waals surface area contributed by atoms with E-state index in [0.29, 0.717) is 18.6 Å². The second-order valence-electron chi connectivity index (χ2n) is 8.51. The minimum Gasteiger partial charge on any atom is -0.497 e. The average molecular weight is 452 g/mol. The van der Waals surface area contributed by atoms with Crippen LogP contribution in [0.3, 0.4) is 0 Å². The Bertz CT molecular complexity index is 875. The summed E-state index contributed by atoms with van der Waals surface area (Å²) in [5.74, 6) is 0.0270. The molecule has 1 heterocycles. The van der Waals surface area contributed by atoms with Crippen molar-refractivity contribution < 1.29 is 22.7 Å². The van der Waals surface area contributed by atoms with Crippen molar-refractivity contribution >= 4 is 21.8 Å². The van der Waals surface area contributed by atoms with E-state index in [1.165, 1.54) is 23.5 Å². The van der Waals surface area contributed by atoms with Crippen LogP contribution in [-0.2, 0) is 19.6 Å². The third-order valence-electron chi connectivity index (χ3n) is 6.24. The first kappa shape index (κ1) is 23.5. The molecule has 1 aromatic rings. The largest absolute Gasteiger partial charge is 0.497 e. The maximum absolute atomic E-state index is 12.9. The van der Waals surface area contributed by atoms with Gasteiger partial charge in [0.25, 0.3) is 0 Å². The molecular weight excluding hydrogens is 418 g/mol. The highest BCUT2D eigenvalue weighted by Crippen LogP contribution is 2.26. The summed E-state index contributed by atoms with van der Waals surface area (Å²) in [5, 5.41) is 5.92. The predicted octanol–water partition coefficient (Wildman–Crippen LogP) is 1.91. The molecule has 2 N–H and O–H groups in total. The molecule has 2 amide bonds. The van der Waals surface area contributed by atoms with Crippen LogP contribution in [0.1, 0.15) is 46.0 Å². The summed E-state index contributed by atoms with van der Waals surface area (Å²) in [4.78, 5) is 25.6. The zero-order chi connectivity index (χ0) is 22.6. The SMILES string of the molecule is CC[C@H](C)[C@@H](NC(=O)C1CCN(S(=O)(=O)c2ccc(OC)cc2)CC1)C(=O)NC1CC1. The number of carbonyl (C=O) groups is 2. The molecule has 2 atom stereocenters. The lowest BCUT2D eigenvalue weighted by molar-refractivity contribution is -0.133. The highest BCUT2D eigenvalue weighted by molar-refractivity contribution is 7.89. The molecule has 2 aliphatic rings. The van der Waals surface area contributed by atoms with Crippen LogP contribution in [0.25, 0.3) is 0 Å². The standard InChI is InChI=1S/C22H33N3O5S/c1-4-15(2)20(22(27)23-17-5-6-17)24-21(26)16-11-13-25(14-12-16)31(28,29)19-9-7-18(30-3)8-10-19/h7-10,15-17,20H,4-6,11-14H2,1-3H3,(H,23,27)(H,24,26)/t15-,20+/m0/s1. The first-order valence-electron chi connectivity index (χ1n) is 11.0. The Kier molecular flexibility index (Phi) is 7.59. The number of rotatable bonds is 9. The van der Waals surface area contributed by atoms with Crippen molar-refractivity contribution in [3.8, 4) is 5.75 Å². The number of piperidine rings is 1. The number of sulfonamides is 1. The van der Waals surface area contributed by atoms with Crippen LogP contribution in [0, 0.1) is 11.8 Å². The van der Waals surface area contributed by atoms with Crippen molar-refractivity contribution in [2.45, 2.75) is 62.9 Å². The van der Waals surface area contributed by atoms with Gasteiger partial charge in [-0.1, -0.05) is 20.3 Å². The molecule has 1 aliphatic heterocycles. The van der Waals surface area contributed by atoms with E-state index in [1.807, 2.05) is 13.8 Å². The number of nitrogens with one attached hydrogen (secondary N) is 2. The quantitative estimate of drug-likeness (QED) is 0.597. The minimum absolute atomic E-state index is 0.0261. The van der Waals surface area contributed by atoms with Gasteiger partial charge in [0.05, 0.1) is 12.0 Å². The minimum atomic E-state index is -3.61. The smallest absolute Gasteiger partial charge is 0.243 e. The first-order chi connectivity index (χ1) is 14.8. The molecule has 0 unspecified atom stereocenters. The number of hydrogen-bond acceptors (Lipinski definition) is 5. The van der Waals surface area contributed by atoms with Crippen LogP contribution >= 0.6 is 0 Å². The maximum atomic E-state index is 12.9. The Morgan fingerprint density at radius 1 is 1.13 bits per heavy atom. The van der Waals surface area contributed by atoms with Crippen LogP contribution in [0.4, 0.5) is 0 Å². The number of hydrogen-bond donors (Lipinski definition) is 2. The molecule has 0 bridgehead atoms. The van der Waals surface area contributed by atoms with Crippen molar-refractivity contribution in [1.82, 2.24) is 14.9 Å². The van der Waals surface area contributed by atoms with Gasteiger partial charge in [-0.3, -0.25) is 9.59 Å². The molecule has 172 valence electrons. The van der Waals surface area contributed by atoms with Gasteiger partial charge in [-0.25, -0.2) is 8.42 Å². The van der Waals surface area contributed by atoms with Crippen LogP contribution in [0.5, 0.6) is 5.75 Å². The Morgan fingerprint density at radius 2 is 1.74 bits per heavy atom. The van der Waals surface area contributed by atoms with Gasteiger partial charge in [-0.2, -0.15) is 4.31 Å². The number of amides is 2. The lowest BCUT2D eigenvalue weighted by atomic mass is 9.94. The number of methoxy groups -OCH3 is 1. The molecule has 0 spiro atoms. The summed E-state index contributed by atoms with van der Waals surface area (Å²) in [5.41, 5.74) is 0. The molecular formula is C22H33N3O5S. The van der Waals surface area contributed by atoms with Crippen molar-refractivity contribution in [2.24, 2.45) is 11.8 Å². The van der Waals surface area contributed by atoms with Crippen LogP contribution in [-0.4, -0.2) is 56.8 Å². The number of carbonyl (C=O) groups excluding carboxylic acids is 2. The second-order valence-corrected chi connectivity index (χ2v) is 10.4. The molecule has 9 heteroatoms. The molecule has 1 saturated heterocycles. The van der Waals surface area contributed by atoms with Crippen molar-refractivity contribution in [3.05, 3.63) is 24.3 Å². The molecule has 3 rings (SSSR count). The topological polar surface area (TPSA) is 105 Å². The summed E-state index contributed by atoms with van der Waals surface area (Å²) in [6, 6.07) is 5.98. The molecule has 8 nitrogen and oxygen atoms in total. The maximum Gasteiger partial charge on any atom is 0.243 e. The van der Waals surface area contributed by atoms with Gasteiger partial charge in [0.2, 0.25) is 21.8 Å². The van der Waals surface area contributed by atoms with E-state index < -0.39 is 16.1 Å². The highest BCUT2D eigenvalue weighted by Gasteiger charge is 2.35. The summed E-state index contributed by atoms with van der Waals surface area (Å²) in [6.45, 7) is 4.50. The third kappa shape index (κ3) is 5.77. The van der Waals surface area contributed by atoms with E-state index in [-0.39, 0.29) is 47.7 Å². The number of ether oxygens (including phenoxy) is 1. The molecule has 0 aromatic heterocycles. The van der Waals surface area contributed by atoms with Crippen LogP contribution in [0.2, 0.25) is 0 Å². The van der Waals surface area contributed by atoms with Crippen molar-refractivity contribution in [3.63, 3.8) is 0 Å². The van der Waals surface area contributed by atoms with Gasteiger partial charge >= 0.3 is 0 Å². The lowest BCUT2D eigenvalue weighted by Gasteiger charge is -2.32. The summed E-state index contributed by atoms with van der Waals surface area (Å²) >= 11 is 0. The fourth-order valence-electron chi connectivity index (χ4n) is 3.75. The summed E-state index contributed by atoms with van der Waals surface area (Å²) < 4.78 is 32.3. The van der Waals surface area contributed by atoms with E-state index in [9.17, 15) is 18.0 Å². The van der Waals surface area contributed by atoms with Crippen LogP contribution in [0.15, 0.2) is 29.2 Å².